The fraction of sp³-hybridized carbons (Fsp3) is 0.556. The Labute approximate surface area is 87.3 Å². The maximum atomic E-state index is 11.5. The van der Waals surface area contributed by atoms with Crippen LogP contribution in [0.5, 0.6) is 0 Å². The average Bonchev–Trinajstić information content (AvgIpc) is 2.46. The van der Waals surface area contributed by atoms with Crippen LogP contribution < -0.4 is 5.48 Å². The highest BCUT2D eigenvalue weighted by Crippen LogP contribution is 2.12. The van der Waals surface area contributed by atoms with Gasteiger partial charge in [-0.25, -0.2) is 10.5 Å². The van der Waals surface area contributed by atoms with Crippen molar-refractivity contribution in [3.63, 3.8) is 0 Å². The first-order valence-corrected chi connectivity index (χ1v) is 5.16. The zero-order valence-corrected chi connectivity index (χ0v) is 9.57. The number of rotatable bonds is 2. The van der Waals surface area contributed by atoms with Gasteiger partial charge in [-0.1, -0.05) is 0 Å². The molecule has 0 saturated heterocycles. The van der Waals surface area contributed by atoms with Crippen LogP contribution in [0.25, 0.3) is 0 Å². The topological polar surface area (TPSA) is 51.2 Å². The Morgan fingerprint density at radius 1 is 1.57 bits per heavy atom. The van der Waals surface area contributed by atoms with E-state index in [0.29, 0.717) is 4.88 Å². The third-order valence-electron chi connectivity index (χ3n) is 1.40. The second-order valence-electron chi connectivity index (χ2n) is 3.91. The molecule has 0 saturated carbocycles. The molecule has 0 aliphatic rings. The van der Waals surface area contributed by atoms with Gasteiger partial charge >= 0.3 is 0 Å². The van der Waals surface area contributed by atoms with E-state index in [2.05, 4.69) is 10.5 Å². The number of carbonyl (C=O) groups excluding carboxylic acids is 1. The lowest BCUT2D eigenvalue weighted by atomic mass is 10.2. The molecule has 1 rings (SSSR count). The minimum atomic E-state index is -0.381. The Bertz CT molecular complexity index is 328. The van der Waals surface area contributed by atoms with Crippen molar-refractivity contribution in [2.75, 3.05) is 0 Å². The van der Waals surface area contributed by atoms with Gasteiger partial charge in [-0.3, -0.25) is 9.63 Å². The fourth-order valence-corrected chi connectivity index (χ4v) is 1.45. The number of aromatic nitrogens is 1. The molecule has 0 aliphatic carbocycles. The number of amides is 1. The van der Waals surface area contributed by atoms with Crippen molar-refractivity contribution >= 4 is 17.2 Å². The maximum absolute atomic E-state index is 11.5. The minimum Gasteiger partial charge on any atom is -0.268 e. The van der Waals surface area contributed by atoms with Crippen molar-refractivity contribution in [3.8, 4) is 0 Å². The van der Waals surface area contributed by atoms with Gasteiger partial charge in [-0.15, -0.1) is 11.3 Å². The molecule has 78 valence electrons. The Morgan fingerprint density at radius 2 is 2.21 bits per heavy atom. The molecule has 0 radical (unpaired) electrons. The lowest BCUT2D eigenvalue weighted by Gasteiger charge is -2.18. The second kappa shape index (κ2) is 4.06. The third kappa shape index (κ3) is 3.08. The highest BCUT2D eigenvalue weighted by Gasteiger charge is 2.16. The van der Waals surface area contributed by atoms with E-state index in [1.165, 1.54) is 11.3 Å². The molecular formula is C9H14N2O2S. The summed E-state index contributed by atoms with van der Waals surface area (Å²) in [6, 6.07) is 0. The number of nitrogens with one attached hydrogen (secondary N) is 1. The third-order valence-corrected chi connectivity index (χ3v) is 2.33. The maximum Gasteiger partial charge on any atom is 0.286 e. The first-order valence-electron chi connectivity index (χ1n) is 4.28. The van der Waals surface area contributed by atoms with Crippen LogP contribution in [0.2, 0.25) is 0 Å². The zero-order valence-electron chi connectivity index (χ0n) is 8.75. The van der Waals surface area contributed by atoms with E-state index in [1.54, 1.807) is 12.4 Å². The molecule has 14 heavy (non-hydrogen) atoms. The van der Waals surface area contributed by atoms with Crippen molar-refractivity contribution < 1.29 is 9.63 Å². The molecule has 1 amide bonds. The van der Waals surface area contributed by atoms with Gasteiger partial charge in [0.2, 0.25) is 0 Å². The van der Waals surface area contributed by atoms with Gasteiger partial charge in [0.25, 0.3) is 5.91 Å². The summed E-state index contributed by atoms with van der Waals surface area (Å²) < 4.78 is 0. The number of nitrogens with zero attached hydrogens (tertiary/aromatic N) is 1. The fourth-order valence-electron chi connectivity index (χ4n) is 0.766. The molecule has 0 unspecified atom stereocenters. The summed E-state index contributed by atoms with van der Waals surface area (Å²) in [6.45, 7) is 7.40. The summed E-state index contributed by atoms with van der Waals surface area (Å²) in [4.78, 5) is 21.2. The van der Waals surface area contributed by atoms with Crippen LogP contribution in [0.15, 0.2) is 5.51 Å². The summed E-state index contributed by atoms with van der Waals surface area (Å²) in [5, 5.41) is 0. The van der Waals surface area contributed by atoms with Crippen molar-refractivity contribution in [3.05, 3.63) is 16.1 Å². The van der Waals surface area contributed by atoms with Gasteiger partial charge in [0, 0.05) is 0 Å². The van der Waals surface area contributed by atoms with Crippen LogP contribution >= 0.6 is 11.3 Å². The van der Waals surface area contributed by atoms with E-state index < -0.39 is 0 Å². The van der Waals surface area contributed by atoms with Crippen molar-refractivity contribution in [1.29, 1.82) is 0 Å². The number of carbonyl (C=O) groups is 1. The van der Waals surface area contributed by atoms with Crippen molar-refractivity contribution in [1.82, 2.24) is 10.5 Å². The molecule has 1 aromatic heterocycles. The molecule has 1 aromatic rings. The minimum absolute atomic E-state index is 0.236. The van der Waals surface area contributed by atoms with Gasteiger partial charge in [0.05, 0.1) is 16.8 Å². The molecule has 0 aliphatic heterocycles. The molecule has 5 heteroatoms. The number of hydrogen-bond acceptors (Lipinski definition) is 4. The van der Waals surface area contributed by atoms with Crippen molar-refractivity contribution in [2.45, 2.75) is 33.3 Å². The molecule has 0 aromatic carbocycles. The van der Waals surface area contributed by atoms with Crippen LogP contribution in [-0.2, 0) is 4.84 Å². The Hall–Kier alpha value is -0.940. The lowest BCUT2D eigenvalue weighted by molar-refractivity contribution is -0.0588. The van der Waals surface area contributed by atoms with E-state index in [9.17, 15) is 4.79 Å². The van der Waals surface area contributed by atoms with E-state index in [0.717, 1.165) is 5.69 Å². The molecular weight excluding hydrogens is 200 g/mol. The molecule has 0 spiro atoms. The predicted molar refractivity (Wildman–Crippen MR) is 55.2 cm³/mol. The van der Waals surface area contributed by atoms with Gasteiger partial charge in [0.15, 0.2) is 0 Å². The van der Waals surface area contributed by atoms with Crippen LogP contribution in [0.3, 0.4) is 0 Å². The molecule has 0 fully saturated rings. The number of hydrogen-bond donors (Lipinski definition) is 1. The summed E-state index contributed by atoms with van der Waals surface area (Å²) in [7, 11) is 0. The zero-order chi connectivity index (χ0) is 10.8. The molecule has 1 N–H and O–H groups in total. The molecule has 1 heterocycles. The number of hydroxylamine groups is 1. The summed E-state index contributed by atoms with van der Waals surface area (Å²) in [5.41, 5.74) is 4.38. The first-order chi connectivity index (χ1) is 6.40. The van der Waals surface area contributed by atoms with Crippen LogP contribution in [-0.4, -0.2) is 16.5 Å². The van der Waals surface area contributed by atoms with E-state index in [1.807, 2.05) is 20.8 Å². The Morgan fingerprint density at radius 3 is 2.64 bits per heavy atom. The smallest absolute Gasteiger partial charge is 0.268 e. The normalized spacial score (nSPS) is 11.4. The molecule has 4 nitrogen and oxygen atoms in total. The van der Waals surface area contributed by atoms with Gasteiger partial charge in [0.1, 0.15) is 4.88 Å². The summed E-state index contributed by atoms with van der Waals surface area (Å²) in [6.07, 6.45) is 0. The van der Waals surface area contributed by atoms with Crippen LogP contribution in [0.4, 0.5) is 0 Å². The van der Waals surface area contributed by atoms with Gasteiger partial charge in [-0.05, 0) is 27.7 Å². The van der Waals surface area contributed by atoms with Crippen LogP contribution in [0.1, 0.15) is 36.1 Å². The standard InChI is InChI=1S/C9H14N2O2S/c1-6-7(14-5-10-6)8(12)11-13-9(2,3)4/h5H,1-4H3,(H,11,12). The van der Waals surface area contributed by atoms with Crippen LogP contribution in [0, 0.1) is 6.92 Å². The molecule has 0 atom stereocenters. The largest absolute Gasteiger partial charge is 0.286 e. The lowest BCUT2D eigenvalue weighted by Crippen LogP contribution is -2.33. The van der Waals surface area contributed by atoms with Crippen molar-refractivity contribution in [2.24, 2.45) is 0 Å². The molecule has 0 bridgehead atoms. The van der Waals surface area contributed by atoms with E-state index >= 15 is 0 Å². The monoisotopic (exact) mass is 214 g/mol. The SMILES string of the molecule is Cc1ncsc1C(=O)NOC(C)(C)C. The Kier molecular flexibility index (Phi) is 3.23. The first kappa shape index (κ1) is 11.1. The number of aryl methyl sites for hydroxylation is 1. The highest BCUT2D eigenvalue weighted by molar-refractivity contribution is 7.11. The predicted octanol–water partition coefficient (Wildman–Crippen LogP) is 1.91. The van der Waals surface area contributed by atoms with Gasteiger partial charge < -0.3 is 0 Å². The number of thiazole rings is 1. The summed E-state index contributed by atoms with van der Waals surface area (Å²) in [5.74, 6) is -0.236. The summed E-state index contributed by atoms with van der Waals surface area (Å²) >= 11 is 1.31. The quantitative estimate of drug-likeness (QED) is 0.765. The van der Waals surface area contributed by atoms with E-state index in [-0.39, 0.29) is 11.5 Å². The van der Waals surface area contributed by atoms with Gasteiger partial charge in [-0.2, -0.15) is 0 Å². The Balaban J connectivity index is 2.56. The average molecular weight is 214 g/mol. The van der Waals surface area contributed by atoms with E-state index in [4.69, 9.17) is 4.84 Å². The highest BCUT2D eigenvalue weighted by atomic mass is 32.1. The second-order valence-corrected chi connectivity index (χ2v) is 4.77.